The molecule has 8 heteroatoms. The Morgan fingerprint density at radius 1 is 1.39 bits per heavy atom. The summed E-state index contributed by atoms with van der Waals surface area (Å²) in [7, 11) is 0. The Morgan fingerprint density at radius 2 is 2.14 bits per heavy atom. The molecular weight excluding hydrogens is 414 g/mol. The van der Waals surface area contributed by atoms with Crippen LogP contribution in [0.1, 0.15) is 16.0 Å². The number of hydrogen-bond acceptors (Lipinski definition) is 5. The number of benzene rings is 1. The summed E-state index contributed by atoms with van der Waals surface area (Å²) in [6, 6.07) is 5.35. The number of thioether (sulfide) groups is 1. The lowest BCUT2D eigenvalue weighted by atomic mass is 10.2. The van der Waals surface area contributed by atoms with E-state index in [0.717, 1.165) is 16.0 Å². The molecule has 0 saturated carbocycles. The minimum absolute atomic E-state index is 0.0969. The number of nitrogens with zero attached hydrogens (tertiary/aromatic N) is 2. The molecule has 1 amide bonds. The van der Waals surface area contributed by atoms with Crippen LogP contribution in [-0.4, -0.2) is 21.2 Å². The lowest BCUT2D eigenvalue weighted by Crippen LogP contribution is -2.23. The van der Waals surface area contributed by atoms with Crippen molar-refractivity contribution in [1.82, 2.24) is 9.55 Å². The van der Waals surface area contributed by atoms with Crippen molar-refractivity contribution < 1.29 is 4.79 Å². The van der Waals surface area contributed by atoms with Crippen molar-refractivity contribution in [3.63, 3.8) is 0 Å². The quantitative estimate of drug-likeness (QED) is 0.339. The van der Waals surface area contributed by atoms with Crippen LogP contribution in [0.25, 0.3) is 10.2 Å². The Labute approximate surface area is 176 Å². The van der Waals surface area contributed by atoms with Crippen LogP contribution in [0.4, 0.5) is 5.69 Å². The maximum atomic E-state index is 12.9. The van der Waals surface area contributed by atoms with E-state index < -0.39 is 0 Å². The molecule has 2 heterocycles. The van der Waals surface area contributed by atoms with Gasteiger partial charge in [0.1, 0.15) is 4.83 Å². The number of halogens is 1. The molecule has 146 valence electrons. The third kappa shape index (κ3) is 4.16. The molecule has 1 N–H and O–H groups in total. The van der Waals surface area contributed by atoms with Gasteiger partial charge in [0.05, 0.1) is 11.1 Å². The molecular formula is C20H20ClN3O2S2. The molecule has 0 bridgehead atoms. The van der Waals surface area contributed by atoms with Crippen molar-refractivity contribution in [2.75, 3.05) is 11.1 Å². The van der Waals surface area contributed by atoms with E-state index in [4.69, 9.17) is 11.6 Å². The molecule has 3 aromatic rings. The number of carbonyl (C=O) groups is 1. The van der Waals surface area contributed by atoms with Crippen LogP contribution in [0.5, 0.6) is 0 Å². The molecule has 1 aromatic carbocycles. The normalized spacial score (nSPS) is 11.0. The van der Waals surface area contributed by atoms with Gasteiger partial charge in [-0.1, -0.05) is 35.5 Å². The average molecular weight is 434 g/mol. The summed E-state index contributed by atoms with van der Waals surface area (Å²) < 4.78 is 1.57. The fourth-order valence-electron chi connectivity index (χ4n) is 2.75. The van der Waals surface area contributed by atoms with Crippen LogP contribution < -0.4 is 10.9 Å². The van der Waals surface area contributed by atoms with E-state index in [9.17, 15) is 9.59 Å². The number of aryl methyl sites for hydroxylation is 3. The Hall–Kier alpha value is -2.09. The SMILES string of the molecule is C=CCn1c(SCC(=O)Nc2cc(Cl)ccc2C)nc2sc(C)c(C)c2c1=O. The molecule has 0 radical (unpaired) electrons. The van der Waals surface area contributed by atoms with E-state index in [2.05, 4.69) is 16.9 Å². The van der Waals surface area contributed by atoms with E-state index in [0.29, 0.717) is 32.6 Å². The van der Waals surface area contributed by atoms with Crippen molar-refractivity contribution in [3.05, 3.63) is 62.2 Å². The number of anilines is 1. The number of carbonyl (C=O) groups excluding carboxylic acids is 1. The smallest absolute Gasteiger partial charge is 0.263 e. The molecule has 0 atom stereocenters. The van der Waals surface area contributed by atoms with E-state index in [1.54, 1.807) is 22.8 Å². The second-order valence-electron chi connectivity index (χ2n) is 6.36. The van der Waals surface area contributed by atoms with E-state index in [1.165, 1.54) is 23.1 Å². The van der Waals surface area contributed by atoms with Crippen LogP contribution >= 0.6 is 34.7 Å². The fourth-order valence-corrected chi connectivity index (χ4v) is 4.81. The summed E-state index contributed by atoms with van der Waals surface area (Å²) >= 11 is 8.73. The standard InChI is InChI=1S/C20H20ClN3O2S2/c1-5-8-24-19(26)17-12(3)13(4)28-18(17)23-20(24)27-10-16(25)22-15-9-14(21)7-6-11(15)2/h5-7,9H,1,8,10H2,2-4H3,(H,22,25). The van der Waals surface area contributed by atoms with Gasteiger partial charge in [0.2, 0.25) is 5.91 Å². The average Bonchev–Trinajstić information content (AvgIpc) is 2.93. The van der Waals surface area contributed by atoms with Gasteiger partial charge in [0.15, 0.2) is 5.16 Å². The second kappa shape index (κ2) is 8.51. The van der Waals surface area contributed by atoms with Gasteiger partial charge in [-0.05, 0) is 44.0 Å². The zero-order valence-corrected chi connectivity index (χ0v) is 18.2. The Bertz CT molecular complexity index is 1130. The van der Waals surface area contributed by atoms with Crippen LogP contribution in [0.15, 0.2) is 40.8 Å². The predicted octanol–water partition coefficient (Wildman–Crippen LogP) is 4.95. The molecule has 28 heavy (non-hydrogen) atoms. The Balaban J connectivity index is 1.86. The number of nitrogens with one attached hydrogen (secondary N) is 1. The molecule has 2 aromatic heterocycles. The highest BCUT2D eigenvalue weighted by atomic mass is 35.5. The number of thiophene rings is 1. The fraction of sp³-hybridized carbons (Fsp3) is 0.250. The largest absolute Gasteiger partial charge is 0.325 e. The first-order chi connectivity index (χ1) is 13.3. The van der Waals surface area contributed by atoms with Gasteiger partial charge in [-0.25, -0.2) is 4.98 Å². The predicted molar refractivity (Wildman–Crippen MR) is 119 cm³/mol. The molecule has 0 fully saturated rings. The number of hydrogen-bond donors (Lipinski definition) is 1. The maximum absolute atomic E-state index is 12.9. The third-order valence-electron chi connectivity index (χ3n) is 4.37. The van der Waals surface area contributed by atoms with E-state index >= 15 is 0 Å². The van der Waals surface area contributed by atoms with E-state index in [-0.39, 0.29) is 17.2 Å². The first-order valence-electron chi connectivity index (χ1n) is 8.62. The van der Waals surface area contributed by atoms with Crippen molar-refractivity contribution in [3.8, 4) is 0 Å². The number of allylic oxidation sites excluding steroid dienone is 1. The third-order valence-corrected chi connectivity index (χ3v) is 6.68. The summed E-state index contributed by atoms with van der Waals surface area (Å²) in [5.74, 6) is -0.0573. The summed E-state index contributed by atoms with van der Waals surface area (Å²) in [4.78, 5) is 31.8. The monoisotopic (exact) mass is 433 g/mol. The zero-order chi connectivity index (χ0) is 20.4. The van der Waals surface area contributed by atoms with Crippen LogP contribution in [0.2, 0.25) is 5.02 Å². The number of fused-ring (bicyclic) bond motifs is 1. The summed E-state index contributed by atoms with van der Waals surface area (Å²) in [5.41, 5.74) is 2.46. The summed E-state index contributed by atoms with van der Waals surface area (Å²) in [5, 5.41) is 4.58. The first-order valence-corrected chi connectivity index (χ1v) is 10.8. The molecule has 0 saturated heterocycles. The van der Waals surface area contributed by atoms with Crippen molar-refractivity contribution >= 4 is 56.5 Å². The lowest BCUT2D eigenvalue weighted by Gasteiger charge is -2.11. The highest BCUT2D eigenvalue weighted by Crippen LogP contribution is 2.28. The van der Waals surface area contributed by atoms with Crippen molar-refractivity contribution in [2.24, 2.45) is 0 Å². The topological polar surface area (TPSA) is 64.0 Å². The van der Waals surface area contributed by atoms with Gasteiger partial charge in [0, 0.05) is 22.1 Å². The van der Waals surface area contributed by atoms with Gasteiger partial charge < -0.3 is 5.32 Å². The number of amides is 1. The minimum Gasteiger partial charge on any atom is -0.325 e. The Kier molecular flexibility index (Phi) is 6.27. The highest BCUT2D eigenvalue weighted by Gasteiger charge is 2.17. The van der Waals surface area contributed by atoms with Gasteiger partial charge in [-0.3, -0.25) is 14.2 Å². The molecule has 0 spiro atoms. The molecule has 0 aliphatic carbocycles. The molecule has 3 rings (SSSR count). The summed E-state index contributed by atoms with van der Waals surface area (Å²) in [6.45, 7) is 9.88. The van der Waals surface area contributed by atoms with Crippen LogP contribution in [0, 0.1) is 20.8 Å². The molecule has 5 nitrogen and oxygen atoms in total. The zero-order valence-electron chi connectivity index (χ0n) is 15.8. The highest BCUT2D eigenvalue weighted by molar-refractivity contribution is 7.99. The van der Waals surface area contributed by atoms with Gasteiger partial charge in [0.25, 0.3) is 5.56 Å². The Morgan fingerprint density at radius 3 is 2.86 bits per heavy atom. The van der Waals surface area contributed by atoms with E-state index in [1.807, 2.05) is 26.8 Å². The first kappa shape index (κ1) is 20.6. The van der Waals surface area contributed by atoms with Gasteiger partial charge in [-0.15, -0.1) is 17.9 Å². The van der Waals surface area contributed by atoms with Crippen molar-refractivity contribution in [2.45, 2.75) is 32.5 Å². The van der Waals surface area contributed by atoms with Gasteiger partial charge >= 0.3 is 0 Å². The second-order valence-corrected chi connectivity index (χ2v) is 8.94. The lowest BCUT2D eigenvalue weighted by molar-refractivity contribution is -0.113. The van der Waals surface area contributed by atoms with Crippen LogP contribution in [0.3, 0.4) is 0 Å². The minimum atomic E-state index is -0.187. The molecule has 0 aliphatic heterocycles. The summed E-state index contributed by atoms with van der Waals surface area (Å²) in [6.07, 6.45) is 1.66. The van der Waals surface area contributed by atoms with Crippen molar-refractivity contribution in [1.29, 1.82) is 0 Å². The molecule has 0 unspecified atom stereocenters. The number of rotatable bonds is 6. The van der Waals surface area contributed by atoms with Gasteiger partial charge in [-0.2, -0.15) is 0 Å². The molecule has 0 aliphatic rings. The number of aromatic nitrogens is 2. The van der Waals surface area contributed by atoms with Crippen LogP contribution in [-0.2, 0) is 11.3 Å². The maximum Gasteiger partial charge on any atom is 0.263 e.